The lowest BCUT2D eigenvalue weighted by Crippen LogP contribution is -2.61. The van der Waals surface area contributed by atoms with Crippen molar-refractivity contribution in [1.29, 1.82) is 0 Å². The third-order valence-electron chi connectivity index (χ3n) is 11.3. The van der Waals surface area contributed by atoms with Gasteiger partial charge in [0, 0.05) is 23.1 Å². The Balaban J connectivity index is 1.14. The third kappa shape index (κ3) is 9.72. The second-order valence-corrected chi connectivity index (χ2v) is 16.4. The molecule has 0 bridgehead atoms. The highest BCUT2D eigenvalue weighted by molar-refractivity contribution is 7.13. The Morgan fingerprint density at radius 3 is 2.14 bits per heavy atom. The Morgan fingerprint density at radius 2 is 1.49 bits per heavy atom. The lowest BCUT2D eigenvalue weighted by atomic mass is 9.87. The number of hydrogen-bond donors (Lipinski definition) is 2. The minimum Gasteiger partial charge on any atom is -0.494 e. The number of aromatic nitrogens is 2. The molecule has 3 heterocycles. The molecule has 8 nitrogen and oxygen atoms in total. The zero-order chi connectivity index (χ0) is 34.7. The number of nitrogens with zero attached hydrogens (tertiary/aromatic N) is 4. The predicted octanol–water partition coefficient (Wildman–Crippen LogP) is 9.34. The van der Waals surface area contributed by atoms with Crippen molar-refractivity contribution in [2.24, 2.45) is 5.41 Å². The van der Waals surface area contributed by atoms with Crippen LogP contribution in [-0.2, 0) is 28.9 Å². The number of benzene rings is 1. The van der Waals surface area contributed by atoms with Crippen molar-refractivity contribution in [2.45, 2.75) is 136 Å². The summed E-state index contributed by atoms with van der Waals surface area (Å²) in [4.78, 5) is 15.9. The summed E-state index contributed by atoms with van der Waals surface area (Å²) in [5.74, 6) is 1.48. The number of anilines is 1. The van der Waals surface area contributed by atoms with E-state index in [4.69, 9.17) is 9.11 Å². The molecule has 0 amide bonds. The van der Waals surface area contributed by atoms with Crippen LogP contribution >= 0.6 is 11.5 Å². The van der Waals surface area contributed by atoms with Gasteiger partial charge < -0.3 is 19.8 Å². The van der Waals surface area contributed by atoms with E-state index in [1.165, 1.54) is 67.9 Å². The molecule has 0 radical (unpaired) electrons. The maximum absolute atomic E-state index is 13.5. The number of esters is 1. The molecule has 1 aromatic carbocycles. The van der Waals surface area contributed by atoms with Gasteiger partial charge in [0.05, 0.1) is 42.8 Å². The molecule has 0 saturated carbocycles. The lowest BCUT2D eigenvalue weighted by Gasteiger charge is -2.44. The van der Waals surface area contributed by atoms with Crippen molar-refractivity contribution in [3.8, 4) is 11.8 Å². The summed E-state index contributed by atoms with van der Waals surface area (Å²) in [6.07, 6.45) is 19.3. The van der Waals surface area contributed by atoms with E-state index in [2.05, 4.69) is 36.1 Å². The van der Waals surface area contributed by atoms with Gasteiger partial charge >= 0.3 is 5.97 Å². The summed E-state index contributed by atoms with van der Waals surface area (Å²) in [5, 5.41) is 22.9. The summed E-state index contributed by atoms with van der Waals surface area (Å²) in [5.41, 5.74) is 1.38. The highest BCUT2D eigenvalue weighted by Gasteiger charge is 2.37. The van der Waals surface area contributed by atoms with Gasteiger partial charge in [-0.3, -0.25) is 13.8 Å². The number of fused-ring (bicyclic) bond motifs is 2. The Morgan fingerprint density at radius 1 is 0.878 bits per heavy atom. The van der Waals surface area contributed by atoms with Crippen molar-refractivity contribution >= 4 is 33.4 Å². The number of carbonyl (C=O) groups excluding carboxylic acids is 1. The van der Waals surface area contributed by atoms with Crippen molar-refractivity contribution < 1.29 is 24.2 Å². The molecule has 2 N–H and O–H groups in total. The Hall–Kier alpha value is -2.78. The smallest absolute Gasteiger partial charge is 0.315 e. The number of aromatic hydroxyl groups is 2. The molecule has 1 aliphatic heterocycles. The van der Waals surface area contributed by atoms with Gasteiger partial charge in [0.15, 0.2) is 17.6 Å². The zero-order valence-corrected chi connectivity index (χ0v) is 31.5. The van der Waals surface area contributed by atoms with E-state index >= 15 is 0 Å². The average molecular weight is 696 g/mol. The molecule has 1 fully saturated rings. The van der Waals surface area contributed by atoms with Gasteiger partial charge in [-0.15, -0.1) is 0 Å². The van der Waals surface area contributed by atoms with E-state index in [0.717, 1.165) is 106 Å². The van der Waals surface area contributed by atoms with Crippen molar-refractivity contribution in [3.05, 3.63) is 35.4 Å². The minimum atomic E-state index is -0.492. The molecule has 1 aliphatic carbocycles. The first-order valence-electron chi connectivity index (χ1n) is 19.5. The van der Waals surface area contributed by atoms with E-state index in [1.54, 1.807) is 16.1 Å². The molecule has 49 heavy (non-hydrogen) atoms. The lowest BCUT2D eigenvalue weighted by molar-refractivity contribution is -0.944. The van der Waals surface area contributed by atoms with E-state index in [-0.39, 0.29) is 17.7 Å². The van der Waals surface area contributed by atoms with Gasteiger partial charge in [-0.25, -0.2) is 0 Å². The molecule has 0 spiro atoms. The van der Waals surface area contributed by atoms with Crippen LogP contribution in [-0.4, -0.2) is 69.1 Å². The largest absolute Gasteiger partial charge is 0.494 e. The van der Waals surface area contributed by atoms with Crippen molar-refractivity contribution in [2.75, 3.05) is 44.4 Å². The summed E-state index contributed by atoms with van der Waals surface area (Å²) >= 11 is 1.56. The zero-order valence-electron chi connectivity index (χ0n) is 30.7. The van der Waals surface area contributed by atoms with Crippen LogP contribution in [0.2, 0.25) is 0 Å². The number of ether oxygens (including phenoxy) is 1. The Kier molecular flexibility index (Phi) is 13.7. The first kappa shape index (κ1) is 37.5. The van der Waals surface area contributed by atoms with Crippen LogP contribution in [0.5, 0.6) is 11.8 Å². The number of rotatable bonds is 20. The Bertz CT molecular complexity index is 1440. The minimum absolute atomic E-state index is 0.0818. The van der Waals surface area contributed by atoms with Gasteiger partial charge in [-0.1, -0.05) is 83.3 Å². The van der Waals surface area contributed by atoms with E-state index in [9.17, 15) is 15.0 Å². The normalized spacial score (nSPS) is 16.3. The number of carbonyl (C=O) groups is 1. The maximum Gasteiger partial charge on any atom is 0.315 e. The van der Waals surface area contributed by atoms with Crippen molar-refractivity contribution in [3.63, 3.8) is 0 Å². The Labute approximate surface area is 299 Å². The molecule has 3 aromatic rings. The summed E-state index contributed by atoms with van der Waals surface area (Å²) in [7, 11) is 0. The molecule has 2 aromatic heterocycles. The van der Waals surface area contributed by atoms with Crippen LogP contribution in [0.3, 0.4) is 0 Å². The van der Waals surface area contributed by atoms with Crippen LogP contribution in [0.1, 0.15) is 128 Å². The molecular weight excluding hydrogens is 633 g/mol. The van der Waals surface area contributed by atoms with Crippen molar-refractivity contribution in [1.82, 2.24) is 8.94 Å². The van der Waals surface area contributed by atoms with Gasteiger partial charge in [-0.05, 0) is 82.5 Å². The summed E-state index contributed by atoms with van der Waals surface area (Å²) < 4.78 is 14.7. The number of unbranched alkanes of at least 4 members (excludes halogenated alkanes) is 10. The van der Waals surface area contributed by atoms with E-state index in [0.29, 0.717) is 13.3 Å². The van der Waals surface area contributed by atoms with Crippen LogP contribution in [0, 0.1) is 5.41 Å². The topological polar surface area (TPSA) is 87.8 Å². The van der Waals surface area contributed by atoms with Crippen LogP contribution in [0.25, 0.3) is 10.1 Å². The number of hydrogen-bond acceptors (Lipinski definition) is 7. The fourth-order valence-electron chi connectivity index (χ4n) is 7.92. The quantitative estimate of drug-likeness (QED) is 0.0696. The van der Waals surface area contributed by atoms with E-state index < -0.39 is 5.41 Å². The molecule has 0 unspecified atom stereocenters. The molecule has 5 rings (SSSR count). The molecule has 9 heteroatoms. The molecule has 1 saturated heterocycles. The summed E-state index contributed by atoms with van der Waals surface area (Å²) in [6, 6.07) is 8.44. The number of quaternary nitrogens is 1. The van der Waals surface area contributed by atoms with E-state index in [1.807, 2.05) is 13.8 Å². The fraction of sp³-hybridized carbons (Fsp3) is 0.700. The van der Waals surface area contributed by atoms with Gasteiger partial charge in [0.1, 0.15) is 0 Å². The molecule has 0 atom stereocenters. The first-order chi connectivity index (χ1) is 23.7. The first-order valence-corrected chi connectivity index (χ1v) is 20.3. The average Bonchev–Trinajstić information content (AvgIpc) is 3.65. The van der Waals surface area contributed by atoms with Crippen LogP contribution in [0.15, 0.2) is 24.3 Å². The monoisotopic (exact) mass is 695 g/mol. The predicted molar refractivity (Wildman–Crippen MR) is 202 cm³/mol. The van der Waals surface area contributed by atoms with Gasteiger partial charge in [-0.2, -0.15) is 4.37 Å². The standard InChI is InChI=1S/C40H62N4O4S/c1-4-5-6-7-8-9-10-11-12-17-24-40(2,3)39(47)48-31-44(28-19-18-25-43-37(45)32-20-13-14-21-33(32)38(43)46)29-26-42(27-30-44)36-34-22-15-16-23-35(34)49-41-36/h15-16,22-23H,4-14,17-21,24-31H2,1-3H3,(H-,45,46)/p+1. The second kappa shape index (κ2) is 17.9. The fourth-order valence-corrected chi connectivity index (χ4v) is 8.72. The molecule has 2 aliphatic rings. The maximum atomic E-state index is 13.5. The second-order valence-electron chi connectivity index (χ2n) is 15.5. The SMILES string of the molecule is CCCCCCCCCCCCC(C)(C)C(=O)OC[N+]1(CCCCn2c(O)c3c(c2O)CCCC3)CCN(c2nsc3ccccc23)CC1. The highest BCUT2D eigenvalue weighted by Crippen LogP contribution is 2.39. The summed E-state index contributed by atoms with van der Waals surface area (Å²) in [6.45, 7) is 11.7. The number of piperazine rings is 1. The van der Waals surface area contributed by atoms with Crippen LogP contribution in [0.4, 0.5) is 5.82 Å². The van der Waals surface area contributed by atoms with Gasteiger partial charge in [0.2, 0.25) is 6.73 Å². The van der Waals surface area contributed by atoms with Gasteiger partial charge in [0.25, 0.3) is 0 Å². The third-order valence-corrected chi connectivity index (χ3v) is 12.1. The van der Waals surface area contributed by atoms with Crippen LogP contribution < -0.4 is 4.90 Å². The highest BCUT2D eigenvalue weighted by atomic mass is 32.1. The molecular formula is C40H63N4O4S+. The molecule has 272 valence electrons.